The maximum absolute atomic E-state index is 12.3. The van der Waals surface area contributed by atoms with Gasteiger partial charge in [0.25, 0.3) is 11.8 Å². The molecule has 2 saturated carbocycles. The second-order valence-electron chi connectivity index (χ2n) is 10.2. The Morgan fingerprint density at radius 3 is 2.73 bits per heavy atom. The Morgan fingerprint density at radius 1 is 1.21 bits per heavy atom. The predicted octanol–water partition coefficient (Wildman–Crippen LogP) is 3.32. The summed E-state index contributed by atoms with van der Waals surface area (Å²) in [5, 5.41) is 21.7. The van der Waals surface area contributed by atoms with Crippen LogP contribution in [-0.2, 0) is 25.6 Å². The van der Waals surface area contributed by atoms with Crippen LogP contribution >= 0.6 is 11.8 Å². The van der Waals surface area contributed by atoms with Gasteiger partial charge < -0.3 is 15.1 Å². The van der Waals surface area contributed by atoms with Gasteiger partial charge in [-0.2, -0.15) is 11.8 Å². The van der Waals surface area contributed by atoms with Crippen LogP contribution in [0.25, 0.3) is 0 Å². The minimum absolute atomic E-state index is 0.0657. The van der Waals surface area contributed by atoms with Crippen LogP contribution in [-0.4, -0.2) is 50.2 Å². The number of rotatable bonds is 5. The number of carbonyl (C=O) groups is 3. The first kappa shape index (κ1) is 22.7. The molecule has 0 spiro atoms. The highest BCUT2D eigenvalue weighted by Gasteiger charge is 2.56. The Morgan fingerprint density at radius 2 is 1.97 bits per heavy atom. The molecule has 5 rings (SSSR count). The lowest BCUT2D eigenvalue weighted by molar-refractivity contribution is -0.197. The Labute approximate surface area is 197 Å². The molecule has 3 fully saturated rings. The number of thioether (sulfide) groups is 1. The highest BCUT2D eigenvalue weighted by molar-refractivity contribution is 7.99. The second kappa shape index (κ2) is 8.62. The molecule has 178 valence electrons. The summed E-state index contributed by atoms with van der Waals surface area (Å²) in [5.41, 5.74) is 2.43. The van der Waals surface area contributed by atoms with E-state index in [1.165, 1.54) is 11.1 Å². The van der Waals surface area contributed by atoms with Crippen LogP contribution in [0.15, 0.2) is 18.2 Å². The number of hydroxylamine groups is 2. The number of aromatic hydroxyl groups is 1. The van der Waals surface area contributed by atoms with Crippen molar-refractivity contribution in [1.29, 1.82) is 0 Å². The minimum atomic E-state index is -0.568. The zero-order chi connectivity index (χ0) is 23.3. The van der Waals surface area contributed by atoms with Crippen LogP contribution in [0.2, 0.25) is 0 Å². The number of hydrogen-bond acceptors (Lipinski definition) is 7. The van der Waals surface area contributed by atoms with Gasteiger partial charge >= 0.3 is 5.97 Å². The lowest BCUT2D eigenvalue weighted by Crippen LogP contribution is -2.48. The first-order valence-electron chi connectivity index (χ1n) is 12.0. The van der Waals surface area contributed by atoms with Gasteiger partial charge in [0.2, 0.25) is 0 Å². The van der Waals surface area contributed by atoms with Gasteiger partial charge in [-0.3, -0.25) is 9.59 Å². The fourth-order valence-electron chi connectivity index (χ4n) is 6.80. The molecular weight excluding hydrogens is 442 g/mol. The molecule has 2 amide bonds. The lowest BCUT2D eigenvalue weighted by atomic mass is 9.55. The average molecular weight is 474 g/mol. The van der Waals surface area contributed by atoms with Crippen molar-refractivity contribution < 1.29 is 29.4 Å². The van der Waals surface area contributed by atoms with E-state index in [0.717, 1.165) is 32.1 Å². The number of fused-ring (bicyclic) bond motifs is 5. The molecule has 0 bridgehead atoms. The molecule has 1 saturated heterocycles. The number of nitrogens with zero attached hydrogens (tertiary/aromatic N) is 1. The lowest BCUT2D eigenvalue weighted by Gasteiger charge is -2.52. The number of benzene rings is 1. The van der Waals surface area contributed by atoms with Gasteiger partial charge in [-0.15, -0.1) is 5.06 Å². The van der Waals surface area contributed by atoms with E-state index < -0.39 is 17.8 Å². The van der Waals surface area contributed by atoms with Gasteiger partial charge in [-0.05, 0) is 78.5 Å². The van der Waals surface area contributed by atoms with Crippen molar-refractivity contribution in [2.45, 2.75) is 75.6 Å². The minimum Gasteiger partial charge on any atom is -0.508 e. The summed E-state index contributed by atoms with van der Waals surface area (Å²) in [6.45, 7) is 2.24. The van der Waals surface area contributed by atoms with Crippen molar-refractivity contribution in [3.05, 3.63) is 29.3 Å². The van der Waals surface area contributed by atoms with Gasteiger partial charge in [-0.1, -0.05) is 13.0 Å². The fraction of sp³-hybridized carbons (Fsp3) is 0.640. The molecule has 3 aliphatic carbocycles. The molecule has 1 aromatic rings. The fourth-order valence-corrected chi connectivity index (χ4v) is 8.29. The number of hydrogen-bond donors (Lipinski definition) is 2. The number of carbonyl (C=O) groups excluding carboxylic acids is 3. The molecule has 0 radical (unpaired) electrons. The van der Waals surface area contributed by atoms with Crippen molar-refractivity contribution in [2.75, 3.05) is 5.75 Å². The molecule has 7 nitrogen and oxygen atoms in total. The molecule has 1 unspecified atom stereocenters. The number of aliphatic hydroxyl groups is 1. The third-order valence-electron chi connectivity index (χ3n) is 8.50. The zero-order valence-electron chi connectivity index (χ0n) is 18.9. The number of imide groups is 1. The highest BCUT2D eigenvalue weighted by Crippen LogP contribution is 2.62. The first-order valence-corrected chi connectivity index (χ1v) is 13.0. The van der Waals surface area contributed by atoms with E-state index in [0.29, 0.717) is 28.6 Å². The summed E-state index contributed by atoms with van der Waals surface area (Å²) in [4.78, 5) is 40.7. The van der Waals surface area contributed by atoms with Crippen LogP contribution < -0.4 is 0 Å². The van der Waals surface area contributed by atoms with Crippen molar-refractivity contribution in [1.82, 2.24) is 5.06 Å². The predicted molar refractivity (Wildman–Crippen MR) is 122 cm³/mol. The van der Waals surface area contributed by atoms with E-state index in [9.17, 15) is 24.6 Å². The van der Waals surface area contributed by atoms with E-state index in [1.54, 1.807) is 17.8 Å². The molecule has 1 heterocycles. The summed E-state index contributed by atoms with van der Waals surface area (Å²) in [6.07, 6.45) is 4.73. The third kappa shape index (κ3) is 3.95. The third-order valence-corrected chi connectivity index (χ3v) is 9.84. The van der Waals surface area contributed by atoms with Gasteiger partial charge in [0.15, 0.2) is 0 Å². The Bertz CT molecular complexity index is 966. The molecular formula is C25H31NO6S. The standard InChI is InChI=1S/C25H31NO6S/c1-25-10-8-17-16-3-2-15(27)12-14(16)13-19(24(17)18(25)4-5-20(25)28)33-11-9-23(31)32-26-21(29)6-7-22(26)30/h2-3,12,17-20,24,27-28H,4-11,13H2,1H3/t17-,18+,19?,20+,24-,25+/m1/s1. The van der Waals surface area contributed by atoms with Gasteiger partial charge in [-0.25, -0.2) is 4.79 Å². The summed E-state index contributed by atoms with van der Waals surface area (Å²) < 4.78 is 0. The molecule has 6 atom stereocenters. The quantitative estimate of drug-likeness (QED) is 0.632. The van der Waals surface area contributed by atoms with Crippen molar-refractivity contribution in [2.24, 2.45) is 17.3 Å². The monoisotopic (exact) mass is 473 g/mol. The van der Waals surface area contributed by atoms with Crippen LogP contribution in [0.1, 0.15) is 68.9 Å². The first-order chi connectivity index (χ1) is 15.8. The highest BCUT2D eigenvalue weighted by atomic mass is 32.2. The smallest absolute Gasteiger partial charge is 0.334 e. The Balaban J connectivity index is 1.31. The number of phenolic OH excluding ortho intramolecular Hbond substituents is 1. The molecule has 1 aromatic carbocycles. The van der Waals surface area contributed by atoms with Crippen LogP contribution in [0, 0.1) is 17.3 Å². The summed E-state index contributed by atoms with van der Waals surface area (Å²) in [6, 6.07) is 5.71. The molecule has 2 N–H and O–H groups in total. The number of phenols is 1. The Kier molecular flexibility index (Phi) is 5.93. The van der Waals surface area contributed by atoms with Crippen molar-refractivity contribution in [3.63, 3.8) is 0 Å². The summed E-state index contributed by atoms with van der Waals surface area (Å²) in [7, 11) is 0. The van der Waals surface area contributed by atoms with Crippen molar-refractivity contribution >= 4 is 29.5 Å². The zero-order valence-corrected chi connectivity index (χ0v) is 19.7. The van der Waals surface area contributed by atoms with E-state index in [-0.39, 0.29) is 41.8 Å². The summed E-state index contributed by atoms with van der Waals surface area (Å²) >= 11 is 1.74. The molecule has 8 heteroatoms. The molecule has 1 aliphatic heterocycles. The van der Waals surface area contributed by atoms with E-state index in [2.05, 4.69) is 13.0 Å². The average Bonchev–Trinajstić information content (AvgIpc) is 3.26. The number of amides is 2. The maximum atomic E-state index is 12.3. The molecule has 0 aromatic heterocycles. The van der Waals surface area contributed by atoms with E-state index in [4.69, 9.17) is 4.84 Å². The van der Waals surface area contributed by atoms with Gasteiger partial charge in [0, 0.05) is 23.8 Å². The number of aliphatic hydroxyl groups excluding tert-OH is 1. The van der Waals surface area contributed by atoms with Gasteiger partial charge in [0.05, 0.1) is 12.5 Å². The maximum Gasteiger partial charge on any atom is 0.334 e. The molecule has 4 aliphatic rings. The van der Waals surface area contributed by atoms with Crippen LogP contribution in [0.3, 0.4) is 0 Å². The molecule has 33 heavy (non-hydrogen) atoms. The SMILES string of the molecule is C[C@]12CC[C@@H]3c4ccc(O)cc4CC(SCCC(=O)ON4C(=O)CCC4=O)[C@H]3[C@@H]1CC[C@@H]2O. The van der Waals surface area contributed by atoms with Crippen LogP contribution in [0.4, 0.5) is 0 Å². The summed E-state index contributed by atoms with van der Waals surface area (Å²) in [5.74, 6) is 0.531. The van der Waals surface area contributed by atoms with Crippen molar-refractivity contribution in [3.8, 4) is 5.75 Å². The van der Waals surface area contributed by atoms with Gasteiger partial charge in [0.1, 0.15) is 5.75 Å². The van der Waals surface area contributed by atoms with E-state index >= 15 is 0 Å². The second-order valence-corrected chi connectivity index (χ2v) is 11.6. The normalized spacial score (nSPS) is 35.2. The van der Waals surface area contributed by atoms with Crippen LogP contribution in [0.5, 0.6) is 5.75 Å². The largest absolute Gasteiger partial charge is 0.508 e. The van der Waals surface area contributed by atoms with E-state index in [1.807, 2.05) is 6.07 Å². The topological polar surface area (TPSA) is 104 Å². The Hall–Kier alpha value is -2.06.